The number of hydrogen-bond donors (Lipinski definition) is 0. The standard InChI is InChI=1S/C17H24BrFN2O2/c1-17(2,3)23-16(22)20(4)13-8-9-21(11-13)10-12-6-5-7-14(19)15(12)18/h5-7,13H,8-11H2,1-4H3/t13-/m0/s1. The quantitative estimate of drug-likeness (QED) is 0.785. The Hall–Kier alpha value is -1.14. The molecule has 1 aromatic rings. The highest BCUT2D eigenvalue weighted by atomic mass is 79.9. The fourth-order valence-corrected chi connectivity index (χ4v) is 3.06. The third kappa shape index (κ3) is 4.91. The van der Waals surface area contributed by atoms with Crippen molar-refractivity contribution in [3.63, 3.8) is 0 Å². The lowest BCUT2D eigenvalue weighted by Crippen LogP contribution is -2.42. The number of hydrogen-bond acceptors (Lipinski definition) is 3. The van der Waals surface area contributed by atoms with Crippen LogP contribution in [0.5, 0.6) is 0 Å². The number of likely N-dealkylation sites (tertiary alicyclic amines) is 1. The summed E-state index contributed by atoms with van der Waals surface area (Å²) in [5, 5.41) is 0. The fourth-order valence-electron chi connectivity index (χ4n) is 2.67. The summed E-state index contributed by atoms with van der Waals surface area (Å²) in [5.74, 6) is -0.246. The number of rotatable bonds is 3. The molecule has 2 rings (SSSR count). The Morgan fingerprint density at radius 2 is 2.17 bits per heavy atom. The van der Waals surface area contributed by atoms with E-state index in [1.165, 1.54) is 6.07 Å². The molecule has 23 heavy (non-hydrogen) atoms. The van der Waals surface area contributed by atoms with Crippen LogP contribution in [0.3, 0.4) is 0 Å². The highest BCUT2D eigenvalue weighted by Crippen LogP contribution is 2.24. The minimum atomic E-state index is -0.490. The molecule has 1 aliphatic heterocycles. The summed E-state index contributed by atoms with van der Waals surface area (Å²) in [4.78, 5) is 16.0. The molecular formula is C17H24BrFN2O2. The van der Waals surface area contributed by atoms with Gasteiger partial charge in [0.25, 0.3) is 0 Å². The van der Waals surface area contributed by atoms with Gasteiger partial charge in [-0.3, -0.25) is 4.90 Å². The van der Waals surface area contributed by atoms with Crippen LogP contribution in [0.1, 0.15) is 32.8 Å². The first kappa shape index (κ1) is 18.2. The maximum atomic E-state index is 13.6. The van der Waals surface area contributed by atoms with E-state index in [9.17, 15) is 9.18 Å². The van der Waals surface area contributed by atoms with Gasteiger partial charge in [0.1, 0.15) is 11.4 Å². The summed E-state index contributed by atoms with van der Waals surface area (Å²) in [6.07, 6.45) is 0.596. The Labute approximate surface area is 145 Å². The first-order chi connectivity index (χ1) is 10.7. The van der Waals surface area contributed by atoms with Crippen molar-refractivity contribution in [1.82, 2.24) is 9.80 Å². The summed E-state index contributed by atoms with van der Waals surface area (Å²) < 4.78 is 19.5. The maximum absolute atomic E-state index is 13.6. The van der Waals surface area contributed by atoms with Crippen molar-refractivity contribution < 1.29 is 13.9 Å². The normalized spacial score (nSPS) is 19.0. The van der Waals surface area contributed by atoms with E-state index in [0.29, 0.717) is 11.0 Å². The zero-order chi connectivity index (χ0) is 17.2. The van der Waals surface area contributed by atoms with Crippen LogP contribution in [0.25, 0.3) is 0 Å². The summed E-state index contributed by atoms with van der Waals surface area (Å²) in [6, 6.07) is 5.20. The van der Waals surface area contributed by atoms with Crippen molar-refractivity contribution in [3.8, 4) is 0 Å². The molecule has 0 saturated carbocycles. The third-order valence-electron chi connectivity index (χ3n) is 3.90. The number of carbonyl (C=O) groups is 1. The minimum absolute atomic E-state index is 0.122. The van der Waals surface area contributed by atoms with Gasteiger partial charge in [-0.25, -0.2) is 9.18 Å². The van der Waals surface area contributed by atoms with E-state index < -0.39 is 5.60 Å². The van der Waals surface area contributed by atoms with Gasteiger partial charge in [-0.15, -0.1) is 0 Å². The van der Waals surface area contributed by atoms with Crippen molar-refractivity contribution in [2.75, 3.05) is 20.1 Å². The molecule has 0 spiro atoms. The zero-order valence-electron chi connectivity index (χ0n) is 14.1. The van der Waals surface area contributed by atoms with E-state index in [4.69, 9.17) is 4.74 Å². The molecule has 4 nitrogen and oxygen atoms in total. The monoisotopic (exact) mass is 386 g/mol. The molecule has 0 aliphatic carbocycles. The molecule has 1 aromatic carbocycles. The van der Waals surface area contributed by atoms with Gasteiger partial charge in [0, 0.05) is 32.7 Å². The molecule has 0 N–H and O–H groups in total. The smallest absolute Gasteiger partial charge is 0.410 e. The predicted molar refractivity (Wildman–Crippen MR) is 91.8 cm³/mol. The van der Waals surface area contributed by atoms with E-state index in [1.54, 1.807) is 18.0 Å². The molecule has 1 heterocycles. The van der Waals surface area contributed by atoms with E-state index in [1.807, 2.05) is 26.8 Å². The van der Waals surface area contributed by atoms with Gasteiger partial charge in [0.05, 0.1) is 4.47 Å². The van der Waals surface area contributed by atoms with Crippen LogP contribution in [0.15, 0.2) is 22.7 Å². The van der Waals surface area contributed by atoms with Crippen molar-refractivity contribution in [2.45, 2.75) is 45.4 Å². The molecule has 128 valence electrons. The topological polar surface area (TPSA) is 32.8 Å². The van der Waals surface area contributed by atoms with Crippen LogP contribution in [-0.2, 0) is 11.3 Å². The van der Waals surface area contributed by atoms with Gasteiger partial charge < -0.3 is 9.64 Å². The second kappa shape index (κ2) is 7.18. The molecule has 0 bridgehead atoms. The number of nitrogens with zero attached hydrogens (tertiary/aromatic N) is 2. The SMILES string of the molecule is CN(C(=O)OC(C)(C)C)[C@H]1CCN(Cc2cccc(F)c2Br)C1. The van der Waals surface area contributed by atoms with Gasteiger partial charge in [-0.1, -0.05) is 12.1 Å². The predicted octanol–water partition coefficient (Wildman–Crippen LogP) is 4.03. The second-order valence-corrected chi connectivity index (χ2v) is 7.77. The minimum Gasteiger partial charge on any atom is -0.444 e. The van der Waals surface area contributed by atoms with E-state index in [2.05, 4.69) is 20.8 Å². The van der Waals surface area contributed by atoms with Crippen LogP contribution in [0.4, 0.5) is 9.18 Å². The lowest BCUT2D eigenvalue weighted by atomic mass is 10.2. The molecule has 6 heteroatoms. The number of likely N-dealkylation sites (N-methyl/N-ethyl adjacent to an activating group) is 1. The van der Waals surface area contributed by atoms with Crippen molar-refractivity contribution in [1.29, 1.82) is 0 Å². The number of amides is 1. The van der Waals surface area contributed by atoms with Gasteiger partial charge in [-0.2, -0.15) is 0 Å². The lowest BCUT2D eigenvalue weighted by molar-refractivity contribution is 0.0228. The van der Waals surface area contributed by atoms with E-state index in [0.717, 1.165) is 25.1 Å². The Morgan fingerprint density at radius 1 is 1.48 bits per heavy atom. The molecule has 1 atom stereocenters. The van der Waals surface area contributed by atoms with E-state index >= 15 is 0 Å². The van der Waals surface area contributed by atoms with Crippen LogP contribution in [-0.4, -0.2) is 47.7 Å². The summed E-state index contributed by atoms with van der Waals surface area (Å²) in [7, 11) is 1.78. The Balaban J connectivity index is 1.93. The fraction of sp³-hybridized carbons (Fsp3) is 0.588. The number of benzene rings is 1. The molecule has 1 saturated heterocycles. The van der Waals surface area contributed by atoms with Crippen LogP contribution in [0.2, 0.25) is 0 Å². The lowest BCUT2D eigenvalue weighted by Gasteiger charge is -2.28. The largest absolute Gasteiger partial charge is 0.444 e. The average molecular weight is 387 g/mol. The highest BCUT2D eigenvalue weighted by Gasteiger charge is 2.31. The number of halogens is 2. The molecule has 0 aromatic heterocycles. The van der Waals surface area contributed by atoms with E-state index in [-0.39, 0.29) is 18.0 Å². The summed E-state index contributed by atoms with van der Waals surface area (Å²) in [5.41, 5.74) is 0.432. The van der Waals surface area contributed by atoms with Crippen molar-refractivity contribution in [2.24, 2.45) is 0 Å². The number of ether oxygens (including phenoxy) is 1. The second-order valence-electron chi connectivity index (χ2n) is 6.98. The Bertz CT molecular complexity index is 574. The molecule has 1 aliphatic rings. The Kier molecular flexibility index (Phi) is 5.68. The summed E-state index contributed by atoms with van der Waals surface area (Å²) in [6.45, 7) is 7.89. The molecular weight excluding hydrogens is 363 g/mol. The molecule has 0 radical (unpaired) electrons. The third-order valence-corrected chi connectivity index (χ3v) is 4.79. The van der Waals surface area contributed by atoms with Gasteiger partial charge in [-0.05, 0) is 54.8 Å². The molecule has 0 unspecified atom stereocenters. The average Bonchev–Trinajstić information content (AvgIpc) is 2.89. The Morgan fingerprint density at radius 3 is 2.83 bits per heavy atom. The highest BCUT2D eigenvalue weighted by molar-refractivity contribution is 9.10. The molecule has 1 amide bonds. The van der Waals surface area contributed by atoms with Crippen LogP contribution < -0.4 is 0 Å². The zero-order valence-corrected chi connectivity index (χ0v) is 15.7. The van der Waals surface area contributed by atoms with Crippen molar-refractivity contribution in [3.05, 3.63) is 34.1 Å². The first-order valence-corrected chi connectivity index (χ1v) is 8.58. The van der Waals surface area contributed by atoms with Crippen LogP contribution in [0, 0.1) is 5.82 Å². The van der Waals surface area contributed by atoms with Crippen LogP contribution >= 0.6 is 15.9 Å². The van der Waals surface area contributed by atoms with Gasteiger partial charge >= 0.3 is 6.09 Å². The molecule has 1 fully saturated rings. The van der Waals surface area contributed by atoms with Gasteiger partial charge in [0.2, 0.25) is 0 Å². The first-order valence-electron chi connectivity index (χ1n) is 7.78. The maximum Gasteiger partial charge on any atom is 0.410 e. The number of carbonyl (C=O) groups excluding carboxylic acids is 1. The van der Waals surface area contributed by atoms with Crippen molar-refractivity contribution >= 4 is 22.0 Å². The summed E-state index contributed by atoms with van der Waals surface area (Å²) >= 11 is 3.30. The van der Waals surface area contributed by atoms with Gasteiger partial charge in [0.15, 0.2) is 0 Å².